The first-order valence-electron chi connectivity index (χ1n) is 31.2. The highest BCUT2D eigenvalue weighted by atomic mass is 31.2. The number of ether oxygens (including phenoxy) is 2. The fourth-order valence-electron chi connectivity index (χ4n) is 7.82. The van der Waals surface area contributed by atoms with Gasteiger partial charge in [0.15, 0.2) is 6.10 Å². The number of phosphoric acid groups is 1. The summed E-state index contributed by atoms with van der Waals surface area (Å²) in [5, 5.41) is 0. The predicted octanol–water partition coefficient (Wildman–Crippen LogP) is 20.0. The fourth-order valence-corrected chi connectivity index (χ4v) is 8.56. The molecule has 0 radical (unpaired) electrons. The van der Waals surface area contributed by atoms with E-state index < -0.39 is 26.5 Å². The van der Waals surface area contributed by atoms with Crippen molar-refractivity contribution in [3.63, 3.8) is 0 Å². The topological polar surface area (TPSA) is 108 Å². The summed E-state index contributed by atoms with van der Waals surface area (Å²) in [6.07, 6.45) is 88.9. The maximum absolute atomic E-state index is 12.8. The van der Waals surface area contributed by atoms with Crippen molar-refractivity contribution in [3.8, 4) is 0 Å². The van der Waals surface area contributed by atoms with Gasteiger partial charge in [0.1, 0.15) is 19.8 Å². The number of unbranched alkanes of at least 4 members (excludes halogenated alkanes) is 15. The summed E-state index contributed by atoms with van der Waals surface area (Å²) in [5.41, 5.74) is 0. The maximum atomic E-state index is 12.8. The Bertz CT molecular complexity index is 1900. The van der Waals surface area contributed by atoms with Crippen LogP contribution in [0.15, 0.2) is 158 Å². The fraction of sp³-hybridized carbons (Fsp3) is 0.600. The molecule has 0 saturated heterocycles. The summed E-state index contributed by atoms with van der Waals surface area (Å²) in [5.74, 6) is -0.829. The summed E-state index contributed by atoms with van der Waals surface area (Å²) in [7, 11) is 1.44. The summed E-state index contributed by atoms with van der Waals surface area (Å²) >= 11 is 0. The predicted molar refractivity (Wildman–Crippen MR) is 343 cm³/mol. The van der Waals surface area contributed by atoms with E-state index in [1.165, 1.54) is 44.9 Å². The molecule has 0 saturated carbocycles. The van der Waals surface area contributed by atoms with Gasteiger partial charge in [-0.2, -0.15) is 0 Å². The van der Waals surface area contributed by atoms with Crippen molar-refractivity contribution in [2.45, 2.75) is 225 Å². The van der Waals surface area contributed by atoms with E-state index in [1.807, 2.05) is 21.1 Å². The van der Waals surface area contributed by atoms with Gasteiger partial charge in [0.25, 0.3) is 0 Å². The van der Waals surface area contributed by atoms with Crippen LogP contribution in [0.3, 0.4) is 0 Å². The van der Waals surface area contributed by atoms with Gasteiger partial charge < -0.3 is 18.9 Å². The van der Waals surface area contributed by atoms with E-state index in [4.69, 9.17) is 18.5 Å². The van der Waals surface area contributed by atoms with Crippen LogP contribution >= 0.6 is 7.82 Å². The number of allylic oxidation sites excluding steroid dienone is 26. The minimum atomic E-state index is -4.40. The first-order valence-corrected chi connectivity index (χ1v) is 32.7. The van der Waals surface area contributed by atoms with Crippen LogP contribution in [0.5, 0.6) is 0 Å². The SMILES string of the molecule is CC/C=C\C/C=C\C/C=C\C/C=C\C/C=C\C/C=C\C/C=C\C/C=C\C/C=C\C/C=C\CCCCCCCCCCC(=O)OC(COC(=O)CCCCCCCCC/C=C\C/C=C\C/C=C\CC)COP(=O)(O)OCC[N+](C)(C)C. The van der Waals surface area contributed by atoms with Crippen LogP contribution in [0.1, 0.15) is 219 Å². The largest absolute Gasteiger partial charge is 0.472 e. The number of quaternary nitrogens is 1. The molecule has 2 atom stereocenters. The average Bonchev–Trinajstić information content (AvgIpc) is 3.42. The number of rotatable bonds is 55. The lowest BCUT2D eigenvalue weighted by atomic mass is 10.1. The zero-order valence-corrected chi connectivity index (χ0v) is 52.1. The van der Waals surface area contributed by atoms with Crippen LogP contribution in [0.2, 0.25) is 0 Å². The van der Waals surface area contributed by atoms with E-state index >= 15 is 0 Å². The first-order chi connectivity index (χ1) is 39.0. The van der Waals surface area contributed by atoms with Gasteiger partial charge in [0.05, 0.1) is 27.7 Å². The molecule has 2 unspecified atom stereocenters. The van der Waals surface area contributed by atoms with Gasteiger partial charge in [-0.25, -0.2) is 4.57 Å². The second-order valence-corrected chi connectivity index (χ2v) is 22.8. The number of carbonyl (C=O) groups is 2. The molecule has 0 fully saturated rings. The number of hydrogen-bond acceptors (Lipinski definition) is 7. The van der Waals surface area contributed by atoms with E-state index in [9.17, 15) is 19.0 Å². The molecule has 0 spiro atoms. The Hall–Kier alpha value is -4.37. The molecule has 0 rings (SSSR count). The van der Waals surface area contributed by atoms with Gasteiger partial charge in [-0.05, 0) is 122 Å². The molecule has 0 aliphatic carbocycles. The van der Waals surface area contributed by atoms with Crippen molar-refractivity contribution in [2.24, 2.45) is 0 Å². The minimum Gasteiger partial charge on any atom is -0.462 e. The lowest BCUT2D eigenvalue weighted by molar-refractivity contribution is -0.870. The van der Waals surface area contributed by atoms with Crippen molar-refractivity contribution in [2.75, 3.05) is 47.5 Å². The van der Waals surface area contributed by atoms with Crippen LogP contribution in [0, 0.1) is 0 Å². The van der Waals surface area contributed by atoms with Crippen LogP contribution < -0.4 is 0 Å². The molecule has 0 amide bonds. The molecular formula is C70H115NO8P+. The Morgan fingerprint density at radius 3 is 1.00 bits per heavy atom. The highest BCUT2D eigenvalue weighted by Gasteiger charge is 2.27. The van der Waals surface area contributed by atoms with Gasteiger partial charge in [0, 0.05) is 12.8 Å². The quantitative estimate of drug-likeness (QED) is 0.0211. The smallest absolute Gasteiger partial charge is 0.462 e. The highest BCUT2D eigenvalue weighted by Crippen LogP contribution is 2.43. The van der Waals surface area contributed by atoms with E-state index in [0.29, 0.717) is 17.4 Å². The van der Waals surface area contributed by atoms with Crippen LogP contribution in [0.4, 0.5) is 0 Å². The molecule has 1 N–H and O–H groups in total. The number of esters is 2. The molecule has 0 aliphatic rings. The Morgan fingerprint density at radius 2 is 0.675 bits per heavy atom. The second kappa shape index (κ2) is 59.3. The lowest BCUT2D eigenvalue weighted by Crippen LogP contribution is -2.37. The molecule has 0 aromatic rings. The third kappa shape index (κ3) is 62.8. The normalized spacial score (nSPS) is 14.3. The lowest BCUT2D eigenvalue weighted by Gasteiger charge is -2.24. The van der Waals surface area contributed by atoms with Gasteiger partial charge >= 0.3 is 19.8 Å². The monoisotopic (exact) mass is 1130 g/mol. The molecule has 0 aliphatic heterocycles. The summed E-state index contributed by atoms with van der Waals surface area (Å²) < 4.78 is 34.6. The number of nitrogens with zero attached hydrogens (tertiary/aromatic N) is 1. The summed E-state index contributed by atoms with van der Waals surface area (Å²) in [4.78, 5) is 35.7. The van der Waals surface area contributed by atoms with Crippen LogP contribution in [-0.2, 0) is 32.7 Å². The molecule has 9 nitrogen and oxygen atoms in total. The molecule has 452 valence electrons. The zero-order valence-electron chi connectivity index (χ0n) is 51.2. The number of hydrogen-bond donors (Lipinski definition) is 1. The number of likely N-dealkylation sites (N-methyl/N-ethyl adjacent to an activating group) is 1. The Kier molecular flexibility index (Phi) is 56.0. The van der Waals surface area contributed by atoms with Crippen LogP contribution in [0.25, 0.3) is 0 Å². The van der Waals surface area contributed by atoms with E-state index in [2.05, 4.69) is 172 Å². The Balaban J connectivity index is 4.16. The van der Waals surface area contributed by atoms with E-state index in [1.54, 1.807) is 0 Å². The molecule has 0 aromatic heterocycles. The highest BCUT2D eigenvalue weighted by molar-refractivity contribution is 7.47. The molecule has 0 aromatic carbocycles. The Labute approximate surface area is 490 Å². The van der Waals surface area contributed by atoms with Crippen molar-refractivity contribution in [1.82, 2.24) is 0 Å². The van der Waals surface area contributed by atoms with Gasteiger partial charge in [0.2, 0.25) is 0 Å². The van der Waals surface area contributed by atoms with E-state index in [0.717, 1.165) is 141 Å². The van der Waals surface area contributed by atoms with Gasteiger partial charge in [-0.15, -0.1) is 0 Å². The number of phosphoric ester groups is 1. The molecule has 80 heavy (non-hydrogen) atoms. The minimum absolute atomic E-state index is 0.0199. The molecular weight excluding hydrogens is 1010 g/mol. The number of carbonyl (C=O) groups excluding carboxylic acids is 2. The second-order valence-electron chi connectivity index (χ2n) is 21.3. The summed E-state index contributed by atoms with van der Waals surface area (Å²) in [6, 6.07) is 0. The van der Waals surface area contributed by atoms with Crippen molar-refractivity contribution in [3.05, 3.63) is 158 Å². The van der Waals surface area contributed by atoms with Crippen molar-refractivity contribution < 1.29 is 42.1 Å². The van der Waals surface area contributed by atoms with Crippen molar-refractivity contribution in [1.29, 1.82) is 0 Å². The molecule has 0 heterocycles. The Morgan fingerprint density at radius 1 is 0.388 bits per heavy atom. The average molecular weight is 1130 g/mol. The van der Waals surface area contributed by atoms with Gasteiger partial charge in [-0.1, -0.05) is 242 Å². The zero-order chi connectivity index (χ0) is 58.4. The van der Waals surface area contributed by atoms with E-state index in [-0.39, 0.29) is 32.0 Å². The third-order valence-corrected chi connectivity index (χ3v) is 13.5. The summed E-state index contributed by atoms with van der Waals surface area (Å²) in [6.45, 7) is 4.16. The standard InChI is InChI=1S/C70H114NO8P/c1-6-8-10-12-14-16-18-20-22-24-25-26-27-28-29-30-31-32-33-34-35-36-37-38-39-40-41-42-43-44-45-47-49-51-53-55-57-59-61-63-70(73)79-68(67-78-80(74,75)77-65-64-71(3,4)5)66-76-69(72)62-60-58-56-54-52-50-48-46-23-21-19-17-15-13-11-9-7-2/h8-11,14-17,20-23,25-26,28-29,31-32,34-35,37-38,40-41,43-44,68H,6-7,12-13,18-19,24,27,30,33,36,39,42,45-67H2,1-5H3/p+1/b10-8-,11-9-,16-14-,17-15-,22-20-,23-21-,26-25-,29-28-,32-31-,35-34-,38-37-,41-40-,44-43-. The van der Waals surface area contributed by atoms with Crippen molar-refractivity contribution >= 4 is 19.8 Å². The maximum Gasteiger partial charge on any atom is 0.472 e. The van der Waals surface area contributed by atoms with Crippen LogP contribution in [-0.4, -0.2) is 74.9 Å². The third-order valence-electron chi connectivity index (χ3n) is 12.6. The molecule has 0 bridgehead atoms. The molecule has 10 heteroatoms. The first kappa shape index (κ1) is 75.6. The van der Waals surface area contributed by atoms with Gasteiger partial charge in [-0.3, -0.25) is 18.6 Å².